The molecule has 2 amide bonds. The summed E-state index contributed by atoms with van der Waals surface area (Å²) in [5, 5.41) is 0. The molecule has 0 aliphatic carbocycles. The molecule has 110 valence electrons. The molecular weight excluding hydrogens is 266 g/mol. The van der Waals surface area contributed by atoms with Crippen LogP contribution in [0, 0.1) is 11.3 Å². The van der Waals surface area contributed by atoms with Crippen molar-refractivity contribution >= 4 is 24.2 Å². The summed E-state index contributed by atoms with van der Waals surface area (Å²) >= 11 is 0. The Kier molecular flexibility index (Phi) is 4.85. The third kappa shape index (κ3) is 3.20. The van der Waals surface area contributed by atoms with Crippen LogP contribution in [0.3, 0.4) is 0 Å². The van der Waals surface area contributed by atoms with Gasteiger partial charge in [0.15, 0.2) is 0 Å². The van der Waals surface area contributed by atoms with Gasteiger partial charge in [0, 0.05) is 39.1 Å². The monoisotopic (exact) mass is 289 g/mol. The number of carbonyl (C=O) groups is 2. The minimum absolute atomic E-state index is 0. The van der Waals surface area contributed by atoms with Gasteiger partial charge in [0.1, 0.15) is 0 Å². The van der Waals surface area contributed by atoms with Crippen molar-refractivity contribution in [1.29, 1.82) is 0 Å². The van der Waals surface area contributed by atoms with Crippen LogP contribution in [0.2, 0.25) is 0 Å². The Labute approximate surface area is 120 Å². The van der Waals surface area contributed by atoms with Crippen LogP contribution >= 0.6 is 12.4 Å². The van der Waals surface area contributed by atoms with Crippen molar-refractivity contribution < 1.29 is 9.59 Å². The van der Waals surface area contributed by atoms with Gasteiger partial charge in [0.25, 0.3) is 0 Å². The Morgan fingerprint density at radius 2 is 2.05 bits per heavy atom. The highest BCUT2D eigenvalue weighted by Gasteiger charge is 2.40. The molecule has 0 aromatic carbocycles. The van der Waals surface area contributed by atoms with E-state index in [1.165, 1.54) is 0 Å². The summed E-state index contributed by atoms with van der Waals surface area (Å²) in [7, 11) is 1.76. The van der Waals surface area contributed by atoms with Crippen molar-refractivity contribution in [2.45, 2.75) is 32.7 Å². The van der Waals surface area contributed by atoms with Crippen LogP contribution in [0.25, 0.3) is 0 Å². The molecule has 2 aliphatic rings. The van der Waals surface area contributed by atoms with Crippen LogP contribution in [-0.4, -0.2) is 54.3 Å². The summed E-state index contributed by atoms with van der Waals surface area (Å²) in [6.07, 6.45) is 1.20. The number of piperidine rings is 1. The third-order valence-electron chi connectivity index (χ3n) is 4.31. The van der Waals surface area contributed by atoms with Gasteiger partial charge in [0.2, 0.25) is 11.8 Å². The lowest BCUT2D eigenvalue weighted by Crippen LogP contribution is -2.55. The molecule has 2 fully saturated rings. The van der Waals surface area contributed by atoms with Gasteiger partial charge in [0.05, 0.1) is 5.92 Å². The first-order valence-electron chi connectivity index (χ1n) is 6.59. The van der Waals surface area contributed by atoms with E-state index in [4.69, 9.17) is 5.73 Å². The molecule has 5 nitrogen and oxygen atoms in total. The Balaban J connectivity index is 0.00000180. The van der Waals surface area contributed by atoms with Crippen molar-refractivity contribution in [1.82, 2.24) is 9.80 Å². The fraction of sp³-hybridized carbons (Fsp3) is 0.846. The van der Waals surface area contributed by atoms with E-state index in [1.807, 2.05) is 4.90 Å². The Bertz CT molecular complexity index is 373. The zero-order chi connectivity index (χ0) is 13.5. The largest absolute Gasteiger partial charge is 0.345 e. The van der Waals surface area contributed by atoms with Gasteiger partial charge in [-0.15, -0.1) is 12.4 Å². The summed E-state index contributed by atoms with van der Waals surface area (Å²) in [4.78, 5) is 27.4. The minimum Gasteiger partial charge on any atom is -0.345 e. The number of hydrogen-bond donors (Lipinski definition) is 1. The van der Waals surface area contributed by atoms with Gasteiger partial charge >= 0.3 is 0 Å². The van der Waals surface area contributed by atoms with E-state index < -0.39 is 0 Å². The van der Waals surface area contributed by atoms with Gasteiger partial charge < -0.3 is 15.5 Å². The standard InChI is InChI=1S/C13H23N3O2.ClH/c1-13(2)8-16(5-4-10(13)14)12(18)9-6-11(17)15(3)7-9;/h9-10H,4-8,14H2,1-3H3;1H. The number of halogens is 1. The van der Waals surface area contributed by atoms with E-state index in [9.17, 15) is 9.59 Å². The molecule has 2 saturated heterocycles. The second kappa shape index (κ2) is 5.67. The zero-order valence-electron chi connectivity index (χ0n) is 11.9. The summed E-state index contributed by atoms with van der Waals surface area (Å²) in [6.45, 7) is 6.17. The van der Waals surface area contributed by atoms with Crippen LogP contribution < -0.4 is 5.73 Å². The summed E-state index contributed by atoms with van der Waals surface area (Å²) in [5.74, 6) is 0.0293. The maximum absolute atomic E-state index is 12.4. The predicted molar refractivity (Wildman–Crippen MR) is 75.9 cm³/mol. The molecule has 2 atom stereocenters. The second-order valence-corrected chi connectivity index (χ2v) is 6.32. The van der Waals surface area contributed by atoms with Crippen molar-refractivity contribution in [2.75, 3.05) is 26.7 Å². The number of amides is 2. The molecule has 2 unspecified atom stereocenters. The van der Waals surface area contributed by atoms with Crippen LogP contribution in [0.15, 0.2) is 0 Å². The van der Waals surface area contributed by atoms with Crippen molar-refractivity contribution in [2.24, 2.45) is 17.1 Å². The van der Waals surface area contributed by atoms with Gasteiger partial charge in [-0.05, 0) is 11.8 Å². The van der Waals surface area contributed by atoms with E-state index in [0.717, 1.165) is 13.0 Å². The molecule has 0 radical (unpaired) electrons. The van der Waals surface area contributed by atoms with Crippen molar-refractivity contribution in [3.63, 3.8) is 0 Å². The van der Waals surface area contributed by atoms with Gasteiger partial charge in [-0.1, -0.05) is 13.8 Å². The highest BCUT2D eigenvalue weighted by atomic mass is 35.5. The van der Waals surface area contributed by atoms with E-state index in [-0.39, 0.29) is 41.6 Å². The third-order valence-corrected chi connectivity index (χ3v) is 4.31. The highest BCUT2D eigenvalue weighted by Crippen LogP contribution is 2.29. The maximum Gasteiger partial charge on any atom is 0.228 e. The molecule has 2 aliphatic heterocycles. The lowest BCUT2D eigenvalue weighted by atomic mass is 9.79. The van der Waals surface area contributed by atoms with E-state index >= 15 is 0 Å². The Hall–Kier alpha value is -0.810. The molecule has 0 spiro atoms. The molecule has 6 heteroatoms. The minimum atomic E-state index is -0.160. The first-order chi connectivity index (χ1) is 8.31. The lowest BCUT2D eigenvalue weighted by Gasteiger charge is -2.43. The van der Waals surface area contributed by atoms with E-state index in [0.29, 0.717) is 19.5 Å². The molecule has 2 N–H and O–H groups in total. The number of nitrogens with two attached hydrogens (primary N) is 1. The zero-order valence-corrected chi connectivity index (χ0v) is 12.7. The smallest absolute Gasteiger partial charge is 0.228 e. The molecule has 2 rings (SSSR count). The average Bonchev–Trinajstić information content (AvgIpc) is 2.62. The fourth-order valence-corrected chi connectivity index (χ4v) is 2.85. The Morgan fingerprint density at radius 1 is 1.42 bits per heavy atom. The van der Waals surface area contributed by atoms with E-state index in [1.54, 1.807) is 11.9 Å². The fourth-order valence-electron chi connectivity index (χ4n) is 2.85. The van der Waals surface area contributed by atoms with Crippen LogP contribution in [0.1, 0.15) is 26.7 Å². The van der Waals surface area contributed by atoms with Gasteiger partial charge in [-0.25, -0.2) is 0 Å². The quantitative estimate of drug-likeness (QED) is 0.763. The van der Waals surface area contributed by atoms with Crippen molar-refractivity contribution in [3.05, 3.63) is 0 Å². The number of carbonyl (C=O) groups excluding carboxylic acids is 2. The summed E-state index contributed by atoms with van der Waals surface area (Å²) in [6, 6.07) is 0.148. The number of nitrogens with zero attached hydrogens (tertiary/aromatic N) is 2. The first-order valence-corrected chi connectivity index (χ1v) is 6.59. The lowest BCUT2D eigenvalue weighted by molar-refractivity contribution is -0.139. The molecular formula is C13H24ClN3O2. The summed E-state index contributed by atoms with van der Waals surface area (Å²) < 4.78 is 0. The summed E-state index contributed by atoms with van der Waals surface area (Å²) in [5.41, 5.74) is 6.03. The SMILES string of the molecule is CN1CC(C(=O)N2CCC(N)C(C)(C)C2)CC1=O.Cl. The van der Waals surface area contributed by atoms with Crippen LogP contribution in [0.4, 0.5) is 0 Å². The molecule has 0 aromatic rings. The van der Waals surface area contributed by atoms with Crippen LogP contribution in [0.5, 0.6) is 0 Å². The normalized spacial score (nSPS) is 30.2. The predicted octanol–water partition coefficient (Wildman–Crippen LogP) is 0.472. The molecule has 2 heterocycles. The van der Waals surface area contributed by atoms with Gasteiger partial charge in [-0.2, -0.15) is 0 Å². The second-order valence-electron chi connectivity index (χ2n) is 6.32. The molecule has 0 saturated carbocycles. The first kappa shape index (κ1) is 16.2. The maximum atomic E-state index is 12.4. The van der Waals surface area contributed by atoms with E-state index in [2.05, 4.69) is 13.8 Å². The number of hydrogen-bond acceptors (Lipinski definition) is 3. The molecule has 0 bridgehead atoms. The Morgan fingerprint density at radius 3 is 2.53 bits per heavy atom. The molecule has 19 heavy (non-hydrogen) atoms. The molecule has 0 aromatic heterocycles. The van der Waals surface area contributed by atoms with Crippen LogP contribution in [-0.2, 0) is 9.59 Å². The van der Waals surface area contributed by atoms with Gasteiger partial charge in [-0.3, -0.25) is 9.59 Å². The van der Waals surface area contributed by atoms with Crippen molar-refractivity contribution in [3.8, 4) is 0 Å². The number of likely N-dealkylation sites (tertiary alicyclic amines) is 2. The topological polar surface area (TPSA) is 66.6 Å². The highest BCUT2D eigenvalue weighted by molar-refractivity contribution is 5.89. The average molecular weight is 290 g/mol. The number of rotatable bonds is 1.